The van der Waals surface area contributed by atoms with Gasteiger partial charge in [0.05, 0.1) is 6.04 Å². The molecule has 0 aromatic heterocycles. The fourth-order valence-electron chi connectivity index (χ4n) is 1.55. The summed E-state index contributed by atoms with van der Waals surface area (Å²) in [5.41, 5.74) is 5.08. The number of hydrazine groups is 1. The van der Waals surface area contributed by atoms with Crippen LogP contribution in [0.5, 0.6) is 0 Å². The van der Waals surface area contributed by atoms with Gasteiger partial charge in [-0.3, -0.25) is 10.4 Å². The maximum Gasteiger partial charge on any atom is 0.206 e. The Bertz CT molecular complexity index is 381. The van der Waals surface area contributed by atoms with E-state index in [1.165, 1.54) is 11.1 Å². The van der Waals surface area contributed by atoms with E-state index in [9.17, 15) is 0 Å². The summed E-state index contributed by atoms with van der Waals surface area (Å²) in [5, 5.41) is 3.27. The molecule has 0 aliphatic carbocycles. The van der Waals surface area contributed by atoms with Gasteiger partial charge in [0.2, 0.25) is 5.96 Å². The van der Waals surface area contributed by atoms with E-state index in [-0.39, 0.29) is 6.04 Å². The van der Waals surface area contributed by atoms with Crippen molar-refractivity contribution >= 4 is 5.96 Å². The SMILES string of the molecule is Cc1ccc(C(C)NC(=NCC(C)C)NN)cc1. The molecule has 0 spiro atoms. The zero-order valence-electron chi connectivity index (χ0n) is 11.7. The highest BCUT2D eigenvalue weighted by Gasteiger charge is 2.07. The van der Waals surface area contributed by atoms with Crippen LogP contribution in [0.4, 0.5) is 0 Å². The molecule has 0 saturated carbocycles. The average Bonchev–Trinajstić information content (AvgIpc) is 2.34. The van der Waals surface area contributed by atoms with Crippen molar-refractivity contribution in [2.45, 2.75) is 33.7 Å². The van der Waals surface area contributed by atoms with Crippen LogP contribution in [0.3, 0.4) is 0 Å². The van der Waals surface area contributed by atoms with E-state index in [2.05, 4.69) is 67.7 Å². The summed E-state index contributed by atoms with van der Waals surface area (Å²) in [5.74, 6) is 6.62. The van der Waals surface area contributed by atoms with Gasteiger partial charge in [0, 0.05) is 6.54 Å². The first-order valence-electron chi connectivity index (χ1n) is 6.37. The molecule has 1 aromatic carbocycles. The highest BCUT2D eigenvalue weighted by atomic mass is 15.3. The summed E-state index contributed by atoms with van der Waals surface area (Å²) in [7, 11) is 0. The molecule has 1 unspecified atom stereocenters. The largest absolute Gasteiger partial charge is 0.349 e. The van der Waals surface area contributed by atoms with Crippen molar-refractivity contribution in [3.8, 4) is 0 Å². The minimum Gasteiger partial charge on any atom is -0.349 e. The van der Waals surface area contributed by atoms with Crippen LogP contribution in [0, 0.1) is 12.8 Å². The summed E-state index contributed by atoms with van der Waals surface area (Å²) >= 11 is 0. The summed E-state index contributed by atoms with van der Waals surface area (Å²) in [6.07, 6.45) is 0. The van der Waals surface area contributed by atoms with Crippen molar-refractivity contribution in [2.75, 3.05) is 6.54 Å². The standard InChI is InChI=1S/C14H24N4/c1-10(2)9-16-14(18-15)17-12(4)13-7-5-11(3)6-8-13/h5-8,10,12H,9,15H2,1-4H3,(H2,16,17,18). The number of nitrogens with one attached hydrogen (secondary N) is 2. The lowest BCUT2D eigenvalue weighted by Crippen LogP contribution is -2.42. The molecular weight excluding hydrogens is 224 g/mol. The second-order valence-electron chi connectivity index (χ2n) is 5.00. The van der Waals surface area contributed by atoms with Gasteiger partial charge in [0.15, 0.2) is 0 Å². The zero-order valence-corrected chi connectivity index (χ0v) is 11.7. The quantitative estimate of drug-likeness (QED) is 0.331. The van der Waals surface area contributed by atoms with Crippen molar-refractivity contribution < 1.29 is 0 Å². The smallest absolute Gasteiger partial charge is 0.206 e. The molecule has 0 bridgehead atoms. The molecule has 0 heterocycles. The van der Waals surface area contributed by atoms with Crippen molar-refractivity contribution in [3.63, 3.8) is 0 Å². The minimum absolute atomic E-state index is 0.174. The van der Waals surface area contributed by atoms with Gasteiger partial charge < -0.3 is 5.32 Å². The fraction of sp³-hybridized carbons (Fsp3) is 0.500. The molecule has 0 fully saturated rings. The van der Waals surface area contributed by atoms with E-state index < -0.39 is 0 Å². The first-order chi connectivity index (χ1) is 8.52. The highest BCUT2D eigenvalue weighted by molar-refractivity contribution is 5.79. The van der Waals surface area contributed by atoms with Gasteiger partial charge in [-0.25, -0.2) is 5.84 Å². The van der Waals surface area contributed by atoms with Gasteiger partial charge in [-0.05, 0) is 25.3 Å². The number of hydrogen-bond acceptors (Lipinski definition) is 2. The number of nitrogens with zero attached hydrogens (tertiary/aromatic N) is 1. The first-order valence-corrected chi connectivity index (χ1v) is 6.37. The van der Waals surface area contributed by atoms with E-state index in [1.54, 1.807) is 0 Å². The van der Waals surface area contributed by atoms with Crippen LogP contribution in [0.25, 0.3) is 0 Å². The molecule has 0 saturated heterocycles. The molecular formula is C14H24N4. The highest BCUT2D eigenvalue weighted by Crippen LogP contribution is 2.12. The molecule has 1 rings (SSSR count). The number of aryl methyl sites for hydroxylation is 1. The van der Waals surface area contributed by atoms with Crippen molar-refractivity contribution in [1.29, 1.82) is 0 Å². The molecule has 1 aromatic rings. The Hall–Kier alpha value is -1.55. The number of guanidine groups is 1. The lowest BCUT2D eigenvalue weighted by molar-refractivity contribution is 0.642. The van der Waals surface area contributed by atoms with Crippen LogP contribution < -0.4 is 16.6 Å². The van der Waals surface area contributed by atoms with E-state index in [4.69, 9.17) is 5.84 Å². The van der Waals surface area contributed by atoms with Gasteiger partial charge in [0.25, 0.3) is 0 Å². The van der Waals surface area contributed by atoms with Crippen LogP contribution >= 0.6 is 0 Å². The van der Waals surface area contributed by atoms with Crippen molar-refractivity contribution in [2.24, 2.45) is 16.8 Å². The molecule has 4 nitrogen and oxygen atoms in total. The van der Waals surface area contributed by atoms with Crippen molar-refractivity contribution in [1.82, 2.24) is 10.7 Å². The number of hydrogen-bond donors (Lipinski definition) is 3. The summed E-state index contributed by atoms with van der Waals surface area (Å²) in [6, 6.07) is 8.61. The molecule has 0 aliphatic rings. The summed E-state index contributed by atoms with van der Waals surface area (Å²) in [6.45, 7) is 9.18. The van der Waals surface area contributed by atoms with E-state index in [0.717, 1.165) is 6.54 Å². The number of benzene rings is 1. The maximum absolute atomic E-state index is 5.47. The number of aliphatic imine (C=N–C) groups is 1. The predicted octanol–water partition coefficient (Wildman–Crippen LogP) is 2.12. The van der Waals surface area contributed by atoms with E-state index in [0.29, 0.717) is 11.9 Å². The lowest BCUT2D eigenvalue weighted by atomic mass is 10.1. The molecule has 0 amide bonds. The van der Waals surface area contributed by atoms with Gasteiger partial charge in [0.1, 0.15) is 0 Å². The molecule has 4 heteroatoms. The Morgan fingerprint density at radius 3 is 2.33 bits per heavy atom. The van der Waals surface area contributed by atoms with Gasteiger partial charge >= 0.3 is 0 Å². The van der Waals surface area contributed by atoms with Crippen molar-refractivity contribution in [3.05, 3.63) is 35.4 Å². The third-order valence-electron chi connectivity index (χ3n) is 2.68. The Labute approximate surface area is 110 Å². The monoisotopic (exact) mass is 248 g/mol. The van der Waals surface area contributed by atoms with Crippen LogP contribution in [0.2, 0.25) is 0 Å². The first kappa shape index (κ1) is 14.5. The topological polar surface area (TPSA) is 62.4 Å². The van der Waals surface area contributed by atoms with Crippen LogP contribution in [0.1, 0.15) is 37.9 Å². The summed E-state index contributed by atoms with van der Waals surface area (Å²) in [4.78, 5) is 4.39. The fourth-order valence-corrected chi connectivity index (χ4v) is 1.55. The molecule has 4 N–H and O–H groups in total. The normalized spacial score (nSPS) is 13.6. The predicted molar refractivity (Wildman–Crippen MR) is 77.2 cm³/mol. The van der Waals surface area contributed by atoms with Crippen LogP contribution in [-0.2, 0) is 0 Å². The second-order valence-corrected chi connectivity index (χ2v) is 5.00. The summed E-state index contributed by atoms with van der Waals surface area (Å²) < 4.78 is 0. The van der Waals surface area contributed by atoms with Crippen LogP contribution in [0.15, 0.2) is 29.3 Å². The Morgan fingerprint density at radius 2 is 1.83 bits per heavy atom. The second kappa shape index (κ2) is 7.01. The zero-order chi connectivity index (χ0) is 13.5. The Balaban J connectivity index is 2.64. The van der Waals surface area contributed by atoms with E-state index >= 15 is 0 Å². The van der Waals surface area contributed by atoms with Gasteiger partial charge in [-0.15, -0.1) is 0 Å². The maximum atomic E-state index is 5.47. The molecule has 1 atom stereocenters. The average molecular weight is 248 g/mol. The third kappa shape index (κ3) is 4.75. The molecule has 0 aliphatic heterocycles. The van der Waals surface area contributed by atoms with E-state index in [1.807, 2.05) is 0 Å². The van der Waals surface area contributed by atoms with Crippen LogP contribution in [-0.4, -0.2) is 12.5 Å². The lowest BCUT2D eigenvalue weighted by Gasteiger charge is -2.17. The third-order valence-corrected chi connectivity index (χ3v) is 2.68. The molecule has 0 radical (unpaired) electrons. The number of nitrogens with two attached hydrogens (primary N) is 1. The molecule has 18 heavy (non-hydrogen) atoms. The van der Waals surface area contributed by atoms with Gasteiger partial charge in [-0.2, -0.15) is 0 Å². The van der Waals surface area contributed by atoms with Gasteiger partial charge in [-0.1, -0.05) is 43.7 Å². The number of rotatable bonds is 4. The minimum atomic E-state index is 0.174. The Morgan fingerprint density at radius 1 is 1.22 bits per heavy atom. The molecule has 100 valence electrons. The Kier molecular flexibility index (Phi) is 5.65.